The second-order valence-electron chi connectivity index (χ2n) is 8.50. The number of benzene rings is 3. The van der Waals surface area contributed by atoms with E-state index < -0.39 is 0 Å². The van der Waals surface area contributed by atoms with E-state index in [0.29, 0.717) is 42.9 Å². The lowest BCUT2D eigenvalue weighted by Gasteiger charge is -2.29. The largest absolute Gasteiger partial charge is 0.385 e. The minimum absolute atomic E-state index is 0.169. The molecule has 0 aromatic heterocycles. The van der Waals surface area contributed by atoms with Crippen molar-refractivity contribution in [2.24, 2.45) is 5.92 Å². The fourth-order valence-electron chi connectivity index (χ4n) is 4.15. The van der Waals surface area contributed by atoms with Crippen LogP contribution in [0.2, 0.25) is 0 Å². The van der Waals surface area contributed by atoms with Crippen molar-refractivity contribution in [2.75, 3.05) is 26.9 Å². The molecule has 32 heavy (non-hydrogen) atoms. The van der Waals surface area contributed by atoms with Gasteiger partial charge in [-0.25, -0.2) is 8.78 Å². The zero-order valence-electron chi connectivity index (χ0n) is 18.5. The zero-order chi connectivity index (χ0) is 22.3. The fourth-order valence-corrected chi connectivity index (χ4v) is 4.15. The van der Waals surface area contributed by atoms with Crippen LogP contribution in [0.15, 0.2) is 54.6 Å². The average Bonchev–Trinajstić information content (AvgIpc) is 2.82. The van der Waals surface area contributed by atoms with Crippen LogP contribution in [-0.2, 0) is 33.5 Å². The van der Waals surface area contributed by atoms with Gasteiger partial charge in [-0.3, -0.25) is 0 Å². The highest BCUT2D eigenvalue weighted by Crippen LogP contribution is 2.25. The van der Waals surface area contributed by atoms with Crippen LogP contribution in [-0.4, -0.2) is 33.2 Å². The van der Waals surface area contributed by atoms with E-state index in [-0.39, 0.29) is 17.9 Å². The molecule has 3 aromatic rings. The first-order valence-corrected chi connectivity index (χ1v) is 11.3. The Bertz CT molecular complexity index is 1010. The summed E-state index contributed by atoms with van der Waals surface area (Å²) in [5.41, 5.74) is 2.82. The van der Waals surface area contributed by atoms with Crippen LogP contribution in [0.5, 0.6) is 0 Å². The number of rotatable bonds is 9. The summed E-state index contributed by atoms with van der Waals surface area (Å²) in [6, 6.07) is 16.1. The standard InChI is InChI=1S/C27H30F2O3/c1-30-15-14-21-17-31-26(32-18-21)13-6-20-5-12-25-23(16-20)9-8-22(27(25)29)7-2-19-3-10-24(28)11-4-19/h3-5,8-12,16,21,26H,2,6-7,13-15,17-18H2,1H3. The summed E-state index contributed by atoms with van der Waals surface area (Å²) in [6.45, 7) is 2.14. The normalized spacial score (nSPS) is 18.8. The lowest BCUT2D eigenvalue weighted by atomic mass is 9.98. The predicted octanol–water partition coefficient (Wildman–Crippen LogP) is 5.86. The molecule has 0 bridgehead atoms. The van der Waals surface area contributed by atoms with Gasteiger partial charge in [-0.15, -0.1) is 0 Å². The van der Waals surface area contributed by atoms with Crippen LogP contribution in [0.3, 0.4) is 0 Å². The Morgan fingerprint density at radius 3 is 2.34 bits per heavy atom. The van der Waals surface area contributed by atoms with Gasteiger partial charge >= 0.3 is 0 Å². The Labute approximate surface area is 188 Å². The van der Waals surface area contributed by atoms with Gasteiger partial charge in [-0.05, 0) is 59.9 Å². The van der Waals surface area contributed by atoms with E-state index >= 15 is 4.39 Å². The quantitative estimate of drug-likeness (QED) is 0.417. The molecule has 1 fully saturated rings. The first-order chi connectivity index (χ1) is 15.6. The topological polar surface area (TPSA) is 27.7 Å². The molecule has 0 radical (unpaired) electrons. The Balaban J connectivity index is 1.33. The molecule has 0 amide bonds. The van der Waals surface area contributed by atoms with Crippen molar-refractivity contribution in [1.29, 1.82) is 0 Å². The smallest absolute Gasteiger partial charge is 0.157 e. The van der Waals surface area contributed by atoms with Gasteiger partial charge in [0.1, 0.15) is 11.6 Å². The molecule has 0 unspecified atom stereocenters. The van der Waals surface area contributed by atoms with E-state index in [1.54, 1.807) is 19.2 Å². The van der Waals surface area contributed by atoms with Crippen LogP contribution in [0.4, 0.5) is 8.78 Å². The highest BCUT2D eigenvalue weighted by atomic mass is 19.1. The second-order valence-corrected chi connectivity index (χ2v) is 8.50. The summed E-state index contributed by atoms with van der Waals surface area (Å²) in [4.78, 5) is 0. The third kappa shape index (κ3) is 5.91. The summed E-state index contributed by atoms with van der Waals surface area (Å²) < 4.78 is 44.9. The van der Waals surface area contributed by atoms with Crippen molar-refractivity contribution in [2.45, 2.75) is 38.4 Å². The maximum absolute atomic E-state index is 15.1. The average molecular weight is 441 g/mol. The summed E-state index contributed by atoms with van der Waals surface area (Å²) in [5, 5.41) is 1.53. The Morgan fingerprint density at radius 1 is 0.844 bits per heavy atom. The molecular formula is C27H30F2O3. The number of methoxy groups -OCH3 is 1. The predicted molar refractivity (Wildman–Crippen MR) is 122 cm³/mol. The van der Waals surface area contributed by atoms with Crippen LogP contribution >= 0.6 is 0 Å². The molecule has 0 atom stereocenters. The number of fused-ring (bicyclic) bond motifs is 1. The summed E-state index contributed by atoms with van der Waals surface area (Å²) in [7, 11) is 1.71. The highest BCUT2D eigenvalue weighted by Gasteiger charge is 2.22. The Morgan fingerprint density at radius 2 is 1.59 bits per heavy atom. The third-order valence-corrected chi connectivity index (χ3v) is 6.13. The molecule has 3 aromatic carbocycles. The first kappa shape index (κ1) is 22.8. The number of ether oxygens (including phenoxy) is 3. The SMILES string of the molecule is COCCC1COC(CCc2ccc3c(F)c(CCc4ccc(F)cc4)ccc3c2)OC1. The molecule has 1 aliphatic heterocycles. The number of hydrogen-bond donors (Lipinski definition) is 0. The van der Waals surface area contributed by atoms with Crippen LogP contribution in [0, 0.1) is 17.6 Å². The number of hydrogen-bond acceptors (Lipinski definition) is 3. The molecular weight excluding hydrogens is 410 g/mol. The Hall–Kier alpha value is -2.34. The maximum Gasteiger partial charge on any atom is 0.157 e. The van der Waals surface area contributed by atoms with Crippen molar-refractivity contribution in [1.82, 2.24) is 0 Å². The minimum Gasteiger partial charge on any atom is -0.385 e. The molecule has 1 aliphatic rings. The minimum atomic E-state index is -0.255. The van der Waals surface area contributed by atoms with Gasteiger partial charge in [0, 0.05) is 31.4 Å². The van der Waals surface area contributed by atoms with Crippen LogP contribution in [0.1, 0.15) is 29.5 Å². The molecule has 170 valence electrons. The van der Waals surface area contributed by atoms with Crippen molar-refractivity contribution >= 4 is 10.8 Å². The van der Waals surface area contributed by atoms with Gasteiger partial charge in [-0.1, -0.05) is 42.5 Å². The van der Waals surface area contributed by atoms with E-state index in [1.807, 2.05) is 30.3 Å². The van der Waals surface area contributed by atoms with Gasteiger partial charge in [0.2, 0.25) is 0 Å². The Kier molecular flexibility index (Phi) is 7.85. The van der Waals surface area contributed by atoms with Crippen molar-refractivity contribution in [3.8, 4) is 0 Å². The lowest BCUT2D eigenvalue weighted by molar-refractivity contribution is -0.204. The van der Waals surface area contributed by atoms with Gasteiger partial charge in [0.15, 0.2) is 6.29 Å². The summed E-state index contributed by atoms with van der Waals surface area (Å²) in [5.74, 6) is -0.0290. The van der Waals surface area contributed by atoms with Gasteiger partial charge in [-0.2, -0.15) is 0 Å². The molecule has 1 heterocycles. The molecule has 0 saturated carbocycles. The van der Waals surface area contributed by atoms with Gasteiger partial charge < -0.3 is 14.2 Å². The van der Waals surface area contributed by atoms with Crippen molar-refractivity contribution in [3.63, 3.8) is 0 Å². The fraction of sp³-hybridized carbons (Fsp3) is 0.407. The number of aryl methyl sites for hydroxylation is 3. The van der Waals surface area contributed by atoms with Crippen LogP contribution < -0.4 is 0 Å². The summed E-state index contributed by atoms with van der Waals surface area (Å²) >= 11 is 0. The van der Waals surface area contributed by atoms with Crippen molar-refractivity contribution in [3.05, 3.63) is 82.9 Å². The van der Waals surface area contributed by atoms with Gasteiger partial charge in [0.25, 0.3) is 0 Å². The highest BCUT2D eigenvalue weighted by molar-refractivity contribution is 5.84. The lowest BCUT2D eigenvalue weighted by Crippen LogP contribution is -2.32. The van der Waals surface area contributed by atoms with E-state index in [9.17, 15) is 4.39 Å². The molecule has 0 aliphatic carbocycles. The molecule has 5 heteroatoms. The van der Waals surface area contributed by atoms with E-state index in [1.165, 1.54) is 12.1 Å². The maximum atomic E-state index is 15.1. The van der Waals surface area contributed by atoms with Crippen LogP contribution in [0.25, 0.3) is 10.8 Å². The zero-order valence-corrected chi connectivity index (χ0v) is 18.5. The van der Waals surface area contributed by atoms with E-state index in [4.69, 9.17) is 14.2 Å². The number of halogens is 2. The summed E-state index contributed by atoms with van der Waals surface area (Å²) in [6.07, 6.45) is 3.62. The second kappa shape index (κ2) is 11.0. The third-order valence-electron chi connectivity index (χ3n) is 6.13. The molecule has 0 N–H and O–H groups in total. The van der Waals surface area contributed by atoms with Crippen molar-refractivity contribution < 1.29 is 23.0 Å². The molecule has 4 rings (SSSR count). The van der Waals surface area contributed by atoms with E-state index in [0.717, 1.165) is 42.4 Å². The molecule has 0 spiro atoms. The van der Waals surface area contributed by atoms with E-state index in [2.05, 4.69) is 0 Å². The molecule has 3 nitrogen and oxygen atoms in total. The monoisotopic (exact) mass is 440 g/mol. The molecule has 1 saturated heterocycles. The first-order valence-electron chi connectivity index (χ1n) is 11.3. The van der Waals surface area contributed by atoms with Gasteiger partial charge in [0.05, 0.1) is 13.2 Å².